The normalized spacial score (nSPS) is 14.9. The van der Waals surface area contributed by atoms with Gasteiger partial charge in [0.1, 0.15) is 5.69 Å². The third-order valence-electron chi connectivity index (χ3n) is 4.54. The molecule has 2 aromatic rings. The van der Waals surface area contributed by atoms with Crippen LogP contribution >= 0.6 is 0 Å². The molecule has 1 atom stereocenters. The highest BCUT2D eigenvalue weighted by Gasteiger charge is 2.26. The lowest BCUT2D eigenvalue weighted by atomic mass is 9.94. The minimum Gasteiger partial charge on any atom is -0.354 e. The highest BCUT2D eigenvalue weighted by atomic mass is 16.1. The van der Waals surface area contributed by atoms with Crippen LogP contribution in [0.15, 0.2) is 42.5 Å². The van der Waals surface area contributed by atoms with Crippen molar-refractivity contribution in [2.75, 3.05) is 7.05 Å². The van der Waals surface area contributed by atoms with E-state index in [0.717, 1.165) is 24.1 Å². The number of pyridine rings is 1. The van der Waals surface area contributed by atoms with Gasteiger partial charge in [-0.25, -0.2) is 4.98 Å². The molecule has 1 amide bonds. The Balaban J connectivity index is 1.97. The number of carbonyl (C=O) groups excluding carboxylic acids is 2. The summed E-state index contributed by atoms with van der Waals surface area (Å²) in [4.78, 5) is 29.1. The molecular formula is C20H22N2O2. The Kier molecular flexibility index (Phi) is 4.74. The van der Waals surface area contributed by atoms with Gasteiger partial charge in [0, 0.05) is 30.6 Å². The molecule has 1 aromatic heterocycles. The fourth-order valence-electron chi connectivity index (χ4n) is 2.79. The van der Waals surface area contributed by atoms with Gasteiger partial charge < -0.3 is 5.32 Å². The van der Waals surface area contributed by atoms with E-state index in [9.17, 15) is 9.59 Å². The minimum absolute atomic E-state index is 0.0169. The van der Waals surface area contributed by atoms with Crippen molar-refractivity contribution in [1.82, 2.24) is 10.3 Å². The predicted octanol–water partition coefficient (Wildman–Crippen LogP) is 3.58. The molecule has 0 bridgehead atoms. The first kappa shape index (κ1) is 16.4. The van der Waals surface area contributed by atoms with E-state index < -0.39 is 0 Å². The molecule has 0 aliphatic heterocycles. The number of hydrogen-bond donors (Lipinski definition) is 1. The smallest absolute Gasteiger partial charge is 0.269 e. The third-order valence-corrected chi connectivity index (χ3v) is 4.54. The molecule has 3 rings (SSSR count). The van der Waals surface area contributed by atoms with E-state index >= 15 is 0 Å². The summed E-state index contributed by atoms with van der Waals surface area (Å²) < 4.78 is 0. The summed E-state index contributed by atoms with van der Waals surface area (Å²) in [7, 11) is 1.57. The first-order valence-corrected chi connectivity index (χ1v) is 8.40. The summed E-state index contributed by atoms with van der Waals surface area (Å²) in [6, 6.07) is 13.4. The van der Waals surface area contributed by atoms with Crippen LogP contribution in [0.4, 0.5) is 0 Å². The summed E-state index contributed by atoms with van der Waals surface area (Å²) in [5.74, 6) is 0.372. The predicted molar refractivity (Wildman–Crippen MR) is 93.3 cm³/mol. The lowest BCUT2D eigenvalue weighted by molar-refractivity contribution is 0.0958. The zero-order valence-corrected chi connectivity index (χ0v) is 14.1. The Bertz CT molecular complexity index is 751. The standard InChI is InChI=1S/C20H22N2O2/c1-13(15-6-4-3-5-7-15)17-11-16(19(23)10-14-8-9-14)12-18(22-17)20(24)21-2/h3-7,11-14H,8-10H2,1-2H3,(H,21,24)/t13-/m0/s1. The number of carbonyl (C=O) groups is 2. The third kappa shape index (κ3) is 3.70. The second-order valence-electron chi connectivity index (χ2n) is 6.45. The lowest BCUT2D eigenvalue weighted by Gasteiger charge is -2.14. The Morgan fingerprint density at radius 2 is 1.92 bits per heavy atom. The van der Waals surface area contributed by atoms with E-state index in [1.54, 1.807) is 13.1 Å². The molecule has 1 aliphatic carbocycles. The number of nitrogens with zero attached hydrogens (tertiary/aromatic N) is 1. The molecule has 0 unspecified atom stereocenters. The molecule has 1 aromatic carbocycles. The van der Waals surface area contributed by atoms with Gasteiger partial charge in [-0.3, -0.25) is 9.59 Å². The van der Waals surface area contributed by atoms with Gasteiger partial charge >= 0.3 is 0 Å². The maximum atomic E-state index is 12.5. The Morgan fingerprint density at radius 1 is 1.21 bits per heavy atom. The van der Waals surface area contributed by atoms with E-state index in [0.29, 0.717) is 23.6 Å². The van der Waals surface area contributed by atoms with Crippen LogP contribution in [0.5, 0.6) is 0 Å². The fraction of sp³-hybridized carbons (Fsp3) is 0.350. The van der Waals surface area contributed by atoms with Crippen LogP contribution in [0.2, 0.25) is 0 Å². The Morgan fingerprint density at radius 3 is 2.54 bits per heavy atom. The molecular weight excluding hydrogens is 300 g/mol. The molecule has 124 valence electrons. The number of amides is 1. The average molecular weight is 322 g/mol. The molecule has 1 N–H and O–H groups in total. The van der Waals surface area contributed by atoms with Crippen molar-refractivity contribution in [3.05, 3.63) is 65.0 Å². The molecule has 0 spiro atoms. The fourth-order valence-corrected chi connectivity index (χ4v) is 2.79. The first-order chi connectivity index (χ1) is 11.6. The largest absolute Gasteiger partial charge is 0.354 e. The maximum Gasteiger partial charge on any atom is 0.269 e. The van der Waals surface area contributed by atoms with Crippen LogP contribution in [-0.4, -0.2) is 23.7 Å². The SMILES string of the molecule is CNC(=O)c1cc(C(=O)CC2CC2)cc([C@@H](C)c2ccccc2)n1. The number of hydrogen-bond acceptors (Lipinski definition) is 3. The Hall–Kier alpha value is -2.49. The van der Waals surface area contributed by atoms with E-state index in [-0.39, 0.29) is 17.6 Å². The van der Waals surface area contributed by atoms with Crippen molar-refractivity contribution in [3.63, 3.8) is 0 Å². The van der Waals surface area contributed by atoms with Crippen molar-refractivity contribution in [2.24, 2.45) is 5.92 Å². The van der Waals surface area contributed by atoms with Crippen molar-refractivity contribution >= 4 is 11.7 Å². The van der Waals surface area contributed by atoms with E-state index in [1.807, 2.05) is 43.3 Å². The van der Waals surface area contributed by atoms with Gasteiger partial charge in [-0.15, -0.1) is 0 Å². The minimum atomic E-state index is -0.266. The van der Waals surface area contributed by atoms with Crippen molar-refractivity contribution in [1.29, 1.82) is 0 Å². The molecule has 4 heteroatoms. The highest BCUT2D eigenvalue weighted by Crippen LogP contribution is 2.34. The first-order valence-electron chi connectivity index (χ1n) is 8.40. The lowest BCUT2D eigenvalue weighted by Crippen LogP contribution is -2.21. The molecule has 0 saturated heterocycles. The van der Waals surface area contributed by atoms with Crippen LogP contribution < -0.4 is 5.32 Å². The van der Waals surface area contributed by atoms with E-state index in [1.165, 1.54) is 0 Å². The van der Waals surface area contributed by atoms with Gasteiger partial charge in [0.25, 0.3) is 5.91 Å². The summed E-state index contributed by atoms with van der Waals surface area (Å²) in [5, 5.41) is 2.59. The molecule has 24 heavy (non-hydrogen) atoms. The molecule has 0 radical (unpaired) electrons. The van der Waals surface area contributed by atoms with Gasteiger partial charge in [0.15, 0.2) is 5.78 Å². The average Bonchev–Trinajstić information content (AvgIpc) is 3.44. The summed E-state index contributed by atoms with van der Waals surface area (Å²) in [6.45, 7) is 2.04. The van der Waals surface area contributed by atoms with Crippen molar-refractivity contribution in [2.45, 2.75) is 32.1 Å². The monoisotopic (exact) mass is 322 g/mol. The number of nitrogens with one attached hydrogen (secondary N) is 1. The van der Waals surface area contributed by atoms with Gasteiger partial charge in [0.05, 0.1) is 0 Å². The molecule has 1 fully saturated rings. The number of rotatable bonds is 6. The number of ketones is 1. The molecule has 4 nitrogen and oxygen atoms in total. The zero-order chi connectivity index (χ0) is 17.1. The van der Waals surface area contributed by atoms with E-state index in [2.05, 4.69) is 10.3 Å². The molecule has 1 aliphatic rings. The zero-order valence-electron chi connectivity index (χ0n) is 14.1. The topological polar surface area (TPSA) is 59.1 Å². The van der Waals surface area contributed by atoms with Crippen LogP contribution in [0.3, 0.4) is 0 Å². The molecule has 1 heterocycles. The number of Topliss-reactive ketones (excluding diaryl/α,β-unsaturated/α-hetero) is 1. The van der Waals surface area contributed by atoms with Crippen LogP contribution in [0.25, 0.3) is 0 Å². The summed E-state index contributed by atoms with van der Waals surface area (Å²) in [5.41, 5.74) is 2.76. The van der Waals surface area contributed by atoms with Gasteiger partial charge in [-0.05, 0) is 36.5 Å². The summed E-state index contributed by atoms with van der Waals surface area (Å²) >= 11 is 0. The number of benzene rings is 1. The van der Waals surface area contributed by atoms with Gasteiger partial charge in [0.2, 0.25) is 0 Å². The van der Waals surface area contributed by atoms with Crippen LogP contribution in [-0.2, 0) is 0 Å². The van der Waals surface area contributed by atoms with Gasteiger partial charge in [-0.2, -0.15) is 0 Å². The van der Waals surface area contributed by atoms with E-state index in [4.69, 9.17) is 0 Å². The highest BCUT2D eigenvalue weighted by molar-refractivity contribution is 6.00. The van der Waals surface area contributed by atoms with Crippen molar-refractivity contribution in [3.8, 4) is 0 Å². The van der Waals surface area contributed by atoms with Gasteiger partial charge in [-0.1, -0.05) is 37.3 Å². The Labute approximate surface area is 142 Å². The maximum absolute atomic E-state index is 12.5. The molecule has 1 saturated carbocycles. The quantitative estimate of drug-likeness (QED) is 0.827. The van der Waals surface area contributed by atoms with Crippen LogP contribution in [0.1, 0.15) is 64.2 Å². The summed E-state index contributed by atoms with van der Waals surface area (Å²) in [6.07, 6.45) is 2.83. The second-order valence-corrected chi connectivity index (χ2v) is 6.45. The van der Waals surface area contributed by atoms with Crippen LogP contribution in [0, 0.1) is 5.92 Å². The van der Waals surface area contributed by atoms with Crippen molar-refractivity contribution < 1.29 is 9.59 Å². The second kappa shape index (κ2) is 6.95. The number of aromatic nitrogens is 1.